The van der Waals surface area contributed by atoms with Gasteiger partial charge in [0.25, 0.3) is 5.96 Å². The molecule has 11 heteroatoms. The van der Waals surface area contributed by atoms with E-state index in [1.807, 2.05) is 0 Å². The van der Waals surface area contributed by atoms with Crippen molar-refractivity contribution in [1.29, 1.82) is 0 Å². The van der Waals surface area contributed by atoms with Gasteiger partial charge in [0, 0.05) is 5.56 Å². The summed E-state index contributed by atoms with van der Waals surface area (Å²) in [4.78, 5) is 21.2. The molecule has 0 fully saturated rings. The topological polar surface area (TPSA) is 156 Å². The minimum atomic E-state index is -1.15. The first-order valence-electron chi connectivity index (χ1n) is 6.27. The number of furan rings is 1. The van der Waals surface area contributed by atoms with Gasteiger partial charge in [0.1, 0.15) is 16.6 Å². The first-order valence-corrected chi connectivity index (χ1v) is 6.65. The van der Waals surface area contributed by atoms with Crippen molar-refractivity contribution in [3.63, 3.8) is 0 Å². The Kier molecular flexibility index (Phi) is 5.12. The van der Waals surface area contributed by atoms with Crippen molar-refractivity contribution in [3.05, 3.63) is 56.8 Å². The van der Waals surface area contributed by atoms with E-state index in [0.717, 1.165) is 0 Å². The Balaban J connectivity index is 2.15. The normalized spacial score (nSPS) is 11.6. The molecule has 1 heterocycles. The lowest BCUT2D eigenvalue weighted by molar-refractivity contribution is -0.485. The standard InChI is InChI=1S/C13H10ClN5O5/c14-10-3-1-7(5-9(10)12(20)21)11-4-2-8(24-11)6-16-17-13(15)18-19(22)23/h1-6H,(H,20,21)(H3,15,17,18)/b16-6+. The van der Waals surface area contributed by atoms with Crippen LogP contribution in [0.5, 0.6) is 0 Å². The van der Waals surface area contributed by atoms with E-state index in [1.165, 1.54) is 18.3 Å². The third-order valence-electron chi connectivity index (χ3n) is 2.67. The van der Waals surface area contributed by atoms with E-state index in [-0.39, 0.29) is 10.6 Å². The molecule has 0 atom stereocenters. The van der Waals surface area contributed by atoms with Crippen molar-refractivity contribution in [3.8, 4) is 11.3 Å². The summed E-state index contributed by atoms with van der Waals surface area (Å²) in [6.45, 7) is 0. The van der Waals surface area contributed by atoms with Gasteiger partial charge in [-0.1, -0.05) is 11.6 Å². The highest BCUT2D eigenvalue weighted by molar-refractivity contribution is 6.33. The fourth-order valence-corrected chi connectivity index (χ4v) is 1.89. The number of nitrogens with zero attached hydrogens (tertiary/aromatic N) is 3. The van der Waals surface area contributed by atoms with Crippen LogP contribution < -0.4 is 11.2 Å². The molecule has 4 N–H and O–H groups in total. The third kappa shape index (κ3) is 4.30. The number of nitrogens with one attached hydrogen (secondary N) is 1. The van der Waals surface area contributed by atoms with Gasteiger partial charge in [0.2, 0.25) is 0 Å². The van der Waals surface area contributed by atoms with Gasteiger partial charge in [-0.3, -0.25) is 0 Å². The van der Waals surface area contributed by atoms with Crippen LogP contribution in [-0.2, 0) is 0 Å². The number of nitro groups is 1. The van der Waals surface area contributed by atoms with E-state index < -0.39 is 17.0 Å². The molecule has 1 aromatic heterocycles. The van der Waals surface area contributed by atoms with Crippen LogP contribution in [0.3, 0.4) is 0 Å². The maximum atomic E-state index is 11.1. The average Bonchev–Trinajstić information content (AvgIpc) is 2.95. The summed E-state index contributed by atoms with van der Waals surface area (Å²) in [5.41, 5.74) is 7.79. The van der Waals surface area contributed by atoms with Crippen molar-refractivity contribution in [2.24, 2.45) is 15.9 Å². The fraction of sp³-hybridized carbons (Fsp3) is 0. The molecular formula is C13H10ClN5O5. The van der Waals surface area contributed by atoms with Crippen LogP contribution in [0.25, 0.3) is 11.3 Å². The number of rotatable bonds is 5. The minimum Gasteiger partial charge on any atom is -0.478 e. The summed E-state index contributed by atoms with van der Waals surface area (Å²) in [7, 11) is 0. The maximum absolute atomic E-state index is 11.1. The van der Waals surface area contributed by atoms with E-state index in [9.17, 15) is 14.9 Å². The van der Waals surface area contributed by atoms with Crippen LogP contribution in [-0.4, -0.2) is 28.3 Å². The second-order valence-corrected chi connectivity index (χ2v) is 4.70. The number of hydrazone groups is 2. The second-order valence-electron chi connectivity index (χ2n) is 4.29. The van der Waals surface area contributed by atoms with Gasteiger partial charge in [0.05, 0.1) is 16.8 Å². The average molecular weight is 352 g/mol. The molecule has 2 rings (SSSR count). The monoisotopic (exact) mass is 351 g/mol. The molecule has 0 saturated carbocycles. The molecule has 0 bridgehead atoms. The van der Waals surface area contributed by atoms with Gasteiger partial charge in [-0.05, 0) is 30.3 Å². The van der Waals surface area contributed by atoms with Gasteiger partial charge < -0.3 is 15.3 Å². The predicted molar refractivity (Wildman–Crippen MR) is 85.5 cm³/mol. The highest BCUT2D eigenvalue weighted by atomic mass is 35.5. The largest absolute Gasteiger partial charge is 0.478 e. The summed E-state index contributed by atoms with van der Waals surface area (Å²) in [5.74, 6) is -0.951. The molecule has 10 nitrogen and oxygen atoms in total. The molecule has 1 aromatic carbocycles. The minimum absolute atomic E-state index is 0.0498. The summed E-state index contributed by atoms with van der Waals surface area (Å²) >= 11 is 5.81. The molecule has 124 valence electrons. The lowest BCUT2D eigenvalue weighted by Gasteiger charge is -2.01. The van der Waals surface area contributed by atoms with Crippen LogP contribution in [0.1, 0.15) is 16.1 Å². The Labute approximate surface area is 139 Å². The van der Waals surface area contributed by atoms with E-state index in [0.29, 0.717) is 17.1 Å². The number of nitrogens with two attached hydrogens (primary N) is 1. The first-order chi connectivity index (χ1) is 11.4. The molecule has 0 saturated heterocycles. The number of aromatic carboxylic acids is 1. The number of guanidine groups is 1. The zero-order valence-corrected chi connectivity index (χ0v) is 12.6. The summed E-state index contributed by atoms with van der Waals surface area (Å²) < 4.78 is 5.47. The third-order valence-corrected chi connectivity index (χ3v) is 3.00. The van der Waals surface area contributed by atoms with Crippen molar-refractivity contribution in [2.45, 2.75) is 0 Å². The van der Waals surface area contributed by atoms with E-state index in [2.05, 4.69) is 15.6 Å². The van der Waals surface area contributed by atoms with E-state index in [1.54, 1.807) is 18.2 Å². The summed E-state index contributed by atoms with van der Waals surface area (Å²) in [5, 5.41) is 24.7. The molecule has 0 radical (unpaired) electrons. The van der Waals surface area contributed by atoms with Crippen LogP contribution in [0.15, 0.2) is 45.0 Å². The highest BCUT2D eigenvalue weighted by Gasteiger charge is 2.12. The number of carboxylic acid groups (broad SMARTS) is 1. The zero-order chi connectivity index (χ0) is 17.7. The van der Waals surface area contributed by atoms with Gasteiger partial charge in [-0.15, -0.1) is 0 Å². The van der Waals surface area contributed by atoms with Crippen molar-refractivity contribution < 1.29 is 19.4 Å². The Hall–Kier alpha value is -3.40. The highest BCUT2D eigenvalue weighted by Crippen LogP contribution is 2.26. The molecule has 0 aliphatic carbocycles. The number of carbonyl (C=O) groups is 1. The zero-order valence-electron chi connectivity index (χ0n) is 11.8. The van der Waals surface area contributed by atoms with Gasteiger partial charge in [-0.2, -0.15) is 5.10 Å². The fourth-order valence-electron chi connectivity index (χ4n) is 1.69. The Morgan fingerprint density at radius 1 is 1.42 bits per heavy atom. The van der Waals surface area contributed by atoms with Gasteiger partial charge >= 0.3 is 5.97 Å². The lowest BCUT2D eigenvalue weighted by Crippen LogP contribution is -2.28. The van der Waals surface area contributed by atoms with Crippen molar-refractivity contribution in [2.75, 3.05) is 0 Å². The van der Waals surface area contributed by atoms with Gasteiger partial charge in [0.15, 0.2) is 5.03 Å². The molecule has 0 amide bonds. The number of hydrogen-bond acceptors (Lipinski definition) is 5. The summed E-state index contributed by atoms with van der Waals surface area (Å²) in [6, 6.07) is 7.60. The first kappa shape index (κ1) is 17.0. The number of benzene rings is 1. The van der Waals surface area contributed by atoms with Crippen molar-refractivity contribution >= 4 is 29.7 Å². The Bertz CT molecular complexity index is 845. The SMILES string of the molecule is N/C(=N/[N+](=O)[O-])N/N=C/c1ccc(-c2ccc(Cl)c(C(=O)O)c2)o1. The molecule has 0 unspecified atom stereocenters. The molecule has 0 aliphatic rings. The van der Waals surface area contributed by atoms with Crippen molar-refractivity contribution in [1.82, 2.24) is 5.43 Å². The maximum Gasteiger partial charge on any atom is 0.337 e. The molecular weight excluding hydrogens is 342 g/mol. The number of hydrogen-bond donors (Lipinski definition) is 3. The van der Waals surface area contributed by atoms with Gasteiger partial charge in [-0.25, -0.2) is 20.3 Å². The van der Waals surface area contributed by atoms with Crippen LogP contribution in [0.4, 0.5) is 0 Å². The van der Waals surface area contributed by atoms with Crippen LogP contribution >= 0.6 is 11.6 Å². The van der Waals surface area contributed by atoms with E-state index in [4.69, 9.17) is 26.9 Å². The Morgan fingerprint density at radius 3 is 2.83 bits per heavy atom. The second kappa shape index (κ2) is 7.24. The quantitative estimate of drug-likeness (QED) is 0.320. The Morgan fingerprint density at radius 2 is 2.17 bits per heavy atom. The lowest BCUT2D eigenvalue weighted by atomic mass is 10.1. The molecule has 2 aromatic rings. The molecule has 0 spiro atoms. The predicted octanol–water partition coefficient (Wildman–Crippen LogP) is 1.73. The van der Waals surface area contributed by atoms with Crippen LogP contribution in [0, 0.1) is 10.1 Å². The number of halogens is 1. The van der Waals surface area contributed by atoms with E-state index >= 15 is 0 Å². The van der Waals surface area contributed by atoms with Crippen LogP contribution in [0.2, 0.25) is 5.02 Å². The molecule has 0 aliphatic heterocycles. The number of carboxylic acids is 1. The summed E-state index contributed by atoms with van der Waals surface area (Å²) in [6.07, 6.45) is 1.22. The molecule has 24 heavy (non-hydrogen) atoms. The smallest absolute Gasteiger partial charge is 0.337 e.